The molecular formula is C60H64N2O12. The largest absolute Gasteiger partial charge is 0.368 e. The predicted octanol–water partition coefficient (Wildman–Crippen LogP) is 8.27. The summed E-state index contributed by atoms with van der Waals surface area (Å²) < 4.78 is 68.7. The molecule has 0 bridgehead atoms. The third-order valence-electron chi connectivity index (χ3n) is 13.2. The Morgan fingerprint density at radius 2 is 0.649 bits per heavy atom. The van der Waals surface area contributed by atoms with Crippen molar-refractivity contribution in [3.8, 4) is 0 Å². The average Bonchev–Trinajstić information content (AvgIpc) is 3.45. The maximum absolute atomic E-state index is 15.0. The SMILES string of the molecule is COC1O[C@H](Cn2ccc(=O)n(C[C@H]3O[C@H](OC)[C@H](OCc4ccccc4)[C@@H](OCc4ccccc4)[C@@H]3OCc3ccccc3)c2=O)[C@@H](OCc2ccccc2)[C@H](OCc2ccccc2)[C@H]1OCc1ccccc1. The van der Waals surface area contributed by atoms with Crippen LogP contribution < -0.4 is 11.2 Å². The van der Waals surface area contributed by atoms with Gasteiger partial charge < -0.3 is 47.4 Å². The van der Waals surface area contributed by atoms with Gasteiger partial charge in [-0.1, -0.05) is 182 Å². The fourth-order valence-electron chi connectivity index (χ4n) is 9.40. The van der Waals surface area contributed by atoms with Gasteiger partial charge in [0.25, 0.3) is 5.56 Å². The lowest BCUT2D eigenvalue weighted by atomic mass is 9.97. The van der Waals surface area contributed by atoms with Crippen molar-refractivity contribution in [1.29, 1.82) is 0 Å². The van der Waals surface area contributed by atoms with E-state index in [1.807, 2.05) is 182 Å². The molecule has 1 aromatic heterocycles. The number of hydrogen-bond donors (Lipinski definition) is 0. The van der Waals surface area contributed by atoms with Crippen molar-refractivity contribution in [2.45, 2.75) is 114 Å². The fourth-order valence-corrected chi connectivity index (χ4v) is 9.40. The summed E-state index contributed by atoms with van der Waals surface area (Å²) in [5.74, 6) is 0. The molecule has 3 heterocycles. The average molecular weight is 1010 g/mol. The van der Waals surface area contributed by atoms with E-state index in [1.165, 1.54) is 23.9 Å². The normalized spacial score (nSPS) is 23.9. The quantitative estimate of drug-likeness (QED) is 0.0577. The van der Waals surface area contributed by atoms with Crippen LogP contribution >= 0.6 is 0 Å². The fraction of sp³-hybridized carbons (Fsp3) is 0.333. The Morgan fingerprint density at radius 3 is 0.959 bits per heavy atom. The molecule has 7 aromatic rings. The highest BCUT2D eigenvalue weighted by molar-refractivity contribution is 5.18. The minimum Gasteiger partial charge on any atom is -0.368 e. The molecule has 0 amide bonds. The summed E-state index contributed by atoms with van der Waals surface area (Å²) >= 11 is 0. The molecule has 0 spiro atoms. The second-order valence-electron chi connectivity index (χ2n) is 18.3. The molecule has 386 valence electrons. The minimum absolute atomic E-state index is 0.0482. The lowest BCUT2D eigenvalue weighted by Crippen LogP contribution is -2.63. The first-order valence-corrected chi connectivity index (χ1v) is 25.0. The summed E-state index contributed by atoms with van der Waals surface area (Å²) in [4.78, 5) is 29.1. The third kappa shape index (κ3) is 13.8. The number of aromatic nitrogens is 2. The van der Waals surface area contributed by atoms with Crippen LogP contribution in [0.1, 0.15) is 33.4 Å². The Morgan fingerprint density at radius 1 is 0.365 bits per heavy atom. The molecule has 2 saturated heterocycles. The molecule has 0 N–H and O–H groups in total. The number of benzene rings is 6. The number of hydrogen-bond acceptors (Lipinski definition) is 12. The molecule has 74 heavy (non-hydrogen) atoms. The van der Waals surface area contributed by atoms with Crippen LogP contribution in [0.3, 0.4) is 0 Å². The van der Waals surface area contributed by atoms with E-state index in [2.05, 4.69) is 0 Å². The van der Waals surface area contributed by atoms with Crippen LogP contribution in [0.15, 0.2) is 204 Å². The Balaban J connectivity index is 1.04. The van der Waals surface area contributed by atoms with E-state index >= 15 is 4.79 Å². The zero-order chi connectivity index (χ0) is 50.9. The van der Waals surface area contributed by atoms with Gasteiger partial charge in [0.1, 0.15) is 48.8 Å². The van der Waals surface area contributed by atoms with E-state index in [-0.39, 0.29) is 52.7 Å². The van der Waals surface area contributed by atoms with Gasteiger partial charge in [-0.25, -0.2) is 4.79 Å². The summed E-state index contributed by atoms with van der Waals surface area (Å²) in [6.45, 7) is 1.07. The monoisotopic (exact) mass is 1000 g/mol. The number of methoxy groups -OCH3 is 2. The van der Waals surface area contributed by atoms with Crippen molar-refractivity contribution in [2.24, 2.45) is 0 Å². The summed E-state index contributed by atoms with van der Waals surface area (Å²) in [5, 5.41) is 0. The molecule has 6 aromatic carbocycles. The summed E-state index contributed by atoms with van der Waals surface area (Å²) in [6, 6.07) is 60.2. The molecule has 0 radical (unpaired) electrons. The minimum atomic E-state index is -0.975. The van der Waals surface area contributed by atoms with Crippen LogP contribution in [0.25, 0.3) is 0 Å². The summed E-state index contributed by atoms with van der Waals surface area (Å²) in [7, 11) is 3.08. The zero-order valence-corrected chi connectivity index (χ0v) is 41.7. The molecule has 2 aliphatic rings. The number of rotatable bonds is 24. The molecule has 9 rings (SSSR count). The first-order chi connectivity index (χ1) is 36.4. The van der Waals surface area contributed by atoms with Crippen molar-refractivity contribution in [3.05, 3.63) is 248 Å². The maximum Gasteiger partial charge on any atom is 0.331 e. The first-order valence-electron chi connectivity index (χ1n) is 25.0. The van der Waals surface area contributed by atoms with Gasteiger partial charge >= 0.3 is 5.69 Å². The Kier molecular flexibility index (Phi) is 18.9. The van der Waals surface area contributed by atoms with E-state index in [9.17, 15) is 4.79 Å². The Hall–Kier alpha value is -6.40. The molecule has 14 heteroatoms. The number of nitrogens with zero attached hydrogens (tertiary/aromatic N) is 2. The second-order valence-corrected chi connectivity index (χ2v) is 18.3. The van der Waals surface area contributed by atoms with Gasteiger partial charge in [-0.15, -0.1) is 0 Å². The van der Waals surface area contributed by atoms with Gasteiger partial charge in [0.15, 0.2) is 12.6 Å². The zero-order valence-electron chi connectivity index (χ0n) is 41.7. The van der Waals surface area contributed by atoms with Crippen molar-refractivity contribution >= 4 is 0 Å². The molecule has 10 atom stereocenters. The third-order valence-corrected chi connectivity index (χ3v) is 13.2. The van der Waals surface area contributed by atoms with Crippen LogP contribution in [-0.2, 0) is 100 Å². The lowest BCUT2D eigenvalue weighted by molar-refractivity contribution is -0.320. The smallest absolute Gasteiger partial charge is 0.331 e. The summed E-state index contributed by atoms with van der Waals surface area (Å²) in [6.07, 6.45) is -6.95. The van der Waals surface area contributed by atoms with Crippen LogP contribution in [0.5, 0.6) is 0 Å². The topological polar surface area (TPSA) is 136 Å². The molecule has 2 fully saturated rings. The lowest BCUT2D eigenvalue weighted by Gasteiger charge is -2.46. The van der Waals surface area contributed by atoms with Crippen LogP contribution in [0, 0.1) is 0 Å². The summed E-state index contributed by atoms with van der Waals surface area (Å²) in [5.41, 5.74) is 4.48. The molecule has 1 unspecified atom stereocenters. The Labute approximate surface area is 431 Å². The van der Waals surface area contributed by atoms with Crippen LogP contribution in [-0.4, -0.2) is 84.8 Å². The van der Waals surface area contributed by atoms with Gasteiger partial charge in [0.2, 0.25) is 0 Å². The van der Waals surface area contributed by atoms with Crippen molar-refractivity contribution in [3.63, 3.8) is 0 Å². The highest BCUT2D eigenvalue weighted by Gasteiger charge is 2.51. The van der Waals surface area contributed by atoms with Crippen molar-refractivity contribution in [1.82, 2.24) is 9.13 Å². The number of ether oxygens (including phenoxy) is 10. The highest BCUT2D eigenvalue weighted by atomic mass is 16.7. The predicted molar refractivity (Wildman–Crippen MR) is 276 cm³/mol. The van der Waals surface area contributed by atoms with E-state index in [0.29, 0.717) is 0 Å². The van der Waals surface area contributed by atoms with Crippen molar-refractivity contribution in [2.75, 3.05) is 14.2 Å². The molecule has 2 aliphatic heterocycles. The standard InChI is InChI=1S/C60H64N2O12/c1-65-58-56(71-41-47-29-17-7-18-30-47)54(69-39-45-25-13-5-14-26-45)52(67-37-43-21-9-3-10-22-43)49(73-58)35-61-34-33-51(63)62(60(61)64)36-50-53(68-38-44-23-11-4-12-24-44)55(70-40-46-27-15-6-16-28-46)57(59(66-2)74-50)72-42-48-31-19-8-20-32-48/h3-34,49-50,52-59H,35-42H2,1-2H3/t49-,50-,52-,53-,54+,55+,56-,57-,58?,59+/m1/s1. The van der Waals surface area contributed by atoms with E-state index < -0.39 is 72.7 Å². The Bertz CT molecular complexity index is 2840. The molecule has 0 saturated carbocycles. The van der Waals surface area contributed by atoms with Crippen LogP contribution in [0.2, 0.25) is 0 Å². The van der Waals surface area contributed by atoms with Gasteiger partial charge in [0.05, 0.1) is 52.7 Å². The van der Waals surface area contributed by atoms with Gasteiger partial charge in [-0.05, 0) is 33.4 Å². The molecule has 14 nitrogen and oxygen atoms in total. The van der Waals surface area contributed by atoms with E-state index in [1.54, 1.807) is 7.11 Å². The van der Waals surface area contributed by atoms with Gasteiger partial charge in [-0.3, -0.25) is 13.9 Å². The molecule has 0 aliphatic carbocycles. The van der Waals surface area contributed by atoms with E-state index in [0.717, 1.165) is 37.9 Å². The van der Waals surface area contributed by atoms with Gasteiger partial charge in [-0.2, -0.15) is 0 Å². The first kappa shape index (κ1) is 52.5. The van der Waals surface area contributed by atoms with Crippen LogP contribution in [0.4, 0.5) is 0 Å². The molecular weight excluding hydrogens is 941 g/mol. The van der Waals surface area contributed by atoms with Crippen molar-refractivity contribution < 1.29 is 47.4 Å². The van der Waals surface area contributed by atoms with Gasteiger partial charge in [0, 0.05) is 26.5 Å². The highest BCUT2D eigenvalue weighted by Crippen LogP contribution is 2.33. The maximum atomic E-state index is 15.0. The second kappa shape index (κ2) is 26.7. The van der Waals surface area contributed by atoms with E-state index in [4.69, 9.17) is 47.4 Å².